The number of benzene rings is 2. The number of fused-ring (bicyclic) bond motifs is 2. The summed E-state index contributed by atoms with van der Waals surface area (Å²) in [6, 6.07) is 13.2. The van der Waals surface area contributed by atoms with Crippen molar-refractivity contribution in [3.05, 3.63) is 58.1 Å². The van der Waals surface area contributed by atoms with Crippen molar-refractivity contribution in [1.82, 2.24) is 4.98 Å². The van der Waals surface area contributed by atoms with E-state index in [4.69, 9.17) is 5.41 Å². The third-order valence-corrected chi connectivity index (χ3v) is 4.11. The van der Waals surface area contributed by atoms with Gasteiger partial charge in [-0.05, 0) is 24.3 Å². The fourth-order valence-electron chi connectivity index (χ4n) is 2.66. The van der Waals surface area contributed by atoms with E-state index in [1.165, 1.54) is 0 Å². The van der Waals surface area contributed by atoms with E-state index >= 15 is 0 Å². The third-order valence-electron chi connectivity index (χ3n) is 3.62. The second kappa shape index (κ2) is 4.30. The second-order valence-electron chi connectivity index (χ2n) is 4.89. The van der Waals surface area contributed by atoms with Crippen LogP contribution in [0.4, 0.5) is 5.69 Å². The normalized spacial score (nSPS) is 13.6. The van der Waals surface area contributed by atoms with Crippen LogP contribution in [0.15, 0.2) is 51.9 Å². The molecule has 4 rings (SSSR count). The van der Waals surface area contributed by atoms with Crippen LogP contribution < -0.4 is 0 Å². The maximum atomic E-state index is 10.2. The first-order valence-electron chi connectivity index (χ1n) is 6.43. The first-order chi connectivity index (χ1) is 10.1. The molecule has 0 atom stereocenters. The molecule has 0 unspecified atom stereocenters. The molecule has 0 aliphatic carbocycles. The van der Waals surface area contributed by atoms with Gasteiger partial charge in [0.2, 0.25) is 0 Å². The number of H-pyrrole nitrogens is 1. The average Bonchev–Trinajstić information content (AvgIpc) is 2.96. The van der Waals surface area contributed by atoms with Crippen LogP contribution in [0.3, 0.4) is 0 Å². The molecule has 4 nitrogen and oxygen atoms in total. The van der Waals surface area contributed by atoms with Crippen LogP contribution >= 0.6 is 15.9 Å². The second-order valence-corrected chi connectivity index (χ2v) is 5.81. The number of aromatic amines is 1. The lowest BCUT2D eigenvalue weighted by Crippen LogP contribution is -2.10. The highest BCUT2D eigenvalue weighted by Gasteiger charge is 2.27. The van der Waals surface area contributed by atoms with Crippen molar-refractivity contribution in [2.45, 2.75) is 0 Å². The Bertz CT molecular complexity index is 940. The van der Waals surface area contributed by atoms with Gasteiger partial charge in [-0.15, -0.1) is 0 Å². The van der Waals surface area contributed by atoms with Crippen LogP contribution in [-0.2, 0) is 0 Å². The Balaban J connectivity index is 1.99. The molecule has 0 amide bonds. The van der Waals surface area contributed by atoms with Crippen molar-refractivity contribution >= 4 is 43.9 Å². The quantitative estimate of drug-likeness (QED) is 0.612. The summed E-state index contributed by atoms with van der Waals surface area (Å²) in [7, 11) is 0. The Morgan fingerprint density at radius 2 is 1.95 bits per heavy atom. The van der Waals surface area contributed by atoms with Gasteiger partial charge in [-0.3, -0.25) is 5.41 Å². The van der Waals surface area contributed by atoms with Crippen molar-refractivity contribution < 1.29 is 5.11 Å². The van der Waals surface area contributed by atoms with Gasteiger partial charge in [0.1, 0.15) is 5.71 Å². The highest BCUT2D eigenvalue weighted by molar-refractivity contribution is 9.10. The predicted octanol–water partition coefficient (Wildman–Crippen LogP) is 4.14. The molecule has 1 aromatic heterocycles. The monoisotopic (exact) mass is 339 g/mol. The molecule has 2 aromatic carbocycles. The molecule has 0 radical (unpaired) electrons. The van der Waals surface area contributed by atoms with Crippen molar-refractivity contribution in [2.24, 2.45) is 4.99 Å². The van der Waals surface area contributed by atoms with E-state index in [9.17, 15) is 5.11 Å². The summed E-state index contributed by atoms with van der Waals surface area (Å²) in [6.07, 6.45) is 0. The Morgan fingerprint density at radius 1 is 1.14 bits per heavy atom. The molecule has 2 heterocycles. The maximum absolute atomic E-state index is 10.2. The van der Waals surface area contributed by atoms with Crippen LogP contribution in [0.25, 0.3) is 10.9 Å². The van der Waals surface area contributed by atoms with E-state index in [1.54, 1.807) is 0 Å². The molecule has 0 bridgehead atoms. The maximum Gasteiger partial charge on any atom is 0.199 e. The number of hydrogen-bond donors (Lipinski definition) is 3. The number of para-hydroxylation sites is 1. The van der Waals surface area contributed by atoms with Gasteiger partial charge < -0.3 is 10.1 Å². The highest BCUT2D eigenvalue weighted by Crippen LogP contribution is 2.35. The lowest BCUT2D eigenvalue weighted by atomic mass is 10.0. The van der Waals surface area contributed by atoms with Gasteiger partial charge in [-0.2, -0.15) is 0 Å². The van der Waals surface area contributed by atoms with E-state index in [0.29, 0.717) is 17.0 Å². The minimum absolute atomic E-state index is 0.0411. The van der Waals surface area contributed by atoms with Crippen LogP contribution in [-0.4, -0.2) is 21.5 Å². The molecular formula is C16H10BrN3O. The molecule has 5 heteroatoms. The summed E-state index contributed by atoms with van der Waals surface area (Å²) in [6.45, 7) is 0. The number of hydrogen-bond acceptors (Lipinski definition) is 3. The minimum Gasteiger partial charge on any atom is -0.494 e. The van der Waals surface area contributed by atoms with Gasteiger partial charge in [-0.1, -0.05) is 34.1 Å². The molecule has 1 aliphatic rings. The number of nitrogens with zero attached hydrogens (tertiary/aromatic N) is 1. The Morgan fingerprint density at radius 3 is 2.76 bits per heavy atom. The fourth-order valence-corrected chi connectivity index (χ4v) is 3.02. The number of aromatic hydroxyl groups is 1. The van der Waals surface area contributed by atoms with E-state index in [0.717, 1.165) is 26.6 Å². The Kier molecular flexibility index (Phi) is 2.53. The van der Waals surface area contributed by atoms with Gasteiger partial charge >= 0.3 is 0 Å². The topological polar surface area (TPSA) is 72.2 Å². The summed E-state index contributed by atoms with van der Waals surface area (Å²) in [5.41, 5.74) is 3.78. The molecule has 1 aliphatic heterocycles. The number of rotatable bonds is 1. The van der Waals surface area contributed by atoms with Crippen LogP contribution in [0.1, 0.15) is 11.1 Å². The molecule has 3 N–H and O–H groups in total. The highest BCUT2D eigenvalue weighted by atomic mass is 79.9. The fraction of sp³-hybridized carbons (Fsp3) is 0. The predicted molar refractivity (Wildman–Crippen MR) is 87.1 cm³/mol. The molecule has 21 heavy (non-hydrogen) atoms. The van der Waals surface area contributed by atoms with Crippen molar-refractivity contribution in [2.75, 3.05) is 0 Å². The molecule has 0 spiro atoms. The van der Waals surface area contributed by atoms with Crippen molar-refractivity contribution in [3.8, 4) is 5.88 Å². The van der Waals surface area contributed by atoms with Crippen LogP contribution in [0.2, 0.25) is 0 Å². The minimum atomic E-state index is 0.0411. The third kappa shape index (κ3) is 1.74. The van der Waals surface area contributed by atoms with Crippen molar-refractivity contribution in [1.29, 1.82) is 5.41 Å². The summed E-state index contributed by atoms with van der Waals surface area (Å²) >= 11 is 3.44. The van der Waals surface area contributed by atoms with Gasteiger partial charge in [0.05, 0.1) is 17.0 Å². The molecular weight excluding hydrogens is 330 g/mol. The lowest BCUT2D eigenvalue weighted by molar-refractivity contribution is 0.457. The standard InChI is InChI=1S/C16H10BrN3O/c17-8-5-6-12-10(7-8)13(16(21)20-12)15-14(18)9-3-1-2-4-11(9)19-15/h1-7,18,20-21H. The van der Waals surface area contributed by atoms with Crippen LogP contribution in [0.5, 0.6) is 5.88 Å². The zero-order valence-electron chi connectivity index (χ0n) is 10.8. The molecule has 3 aromatic rings. The van der Waals surface area contributed by atoms with E-state index in [-0.39, 0.29) is 5.88 Å². The summed E-state index contributed by atoms with van der Waals surface area (Å²) in [5.74, 6) is 0.0411. The number of halogens is 1. The average molecular weight is 340 g/mol. The van der Waals surface area contributed by atoms with Gasteiger partial charge in [0.25, 0.3) is 0 Å². The van der Waals surface area contributed by atoms with Gasteiger partial charge in [-0.25, -0.2) is 4.99 Å². The van der Waals surface area contributed by atoms with Gasteiger partial charge in [0, 0.05) is 20.9 Å². The largest absolute Gasteiger partial charge is 0.494 e. The first kappa shape index (κ1) is 12.3. The van der Waals surface area contributed by atoms with E-state index in [1.807, 2.05) is 42.5 Å². The summed E-state index contributed by atoms with van der Waals surface area (Å²) in [4.78, 5) is 7.45. The number of nitrogens with one attached hydrogen (secondary N) is 2. The first-order valence-corrected chi connectivity index (χ1v) is 7.22. The SMILES string of the molecule is N=C1C(c2c(O)[nH]c3ccc(Br)cc23)=Nc2ccccc21. The zero-order valence-corrected chi connectivity index (χ0v) is 12.4. The Hall–Kier alpha value is -2.40. The molecule has 102 valence electrons. The summed E-state index contributed by atoms with van der Waals surface area (Å²) < 4.78 is 0.915. The van der Waals surface area contributed by atoms with E-state index < -0.39 is 0 Å². The van der Waals surface area contributed by atoms with Crippen LogP contribution in [0, 0.1) is 5.41 Å². The smallest absolute Gasteiger partial charge is 0.199 e. The lowest BCUT2D eigenvalue weighted by Gasteiger charge is -2.01. The summed E-state index contributed by atoms with van der Waals surface area (Å²) in [5, 5.41) is 19.4. The van der Waals surface area contributed by atoms with Crippen molar-refractivity contribution in [3.63, 3.8) is 0 Å². The van der Waals surface area contributed by atoms with Gasteiger partial charge in [0.15, 0.2) is 5.88 Å². The van der Waals surface area contributed by atoms with E-state index in [2.05, 4.69) is 25.9 Å². The molecule has 0 saturated heterocycles. The number of aliphatic imine (C=N–C) groups is 1. The molecule has 0 saturated carbocycles. The molecule has 0 fully saturated rings. The number of aromatic nitrogens is 1. The zero-order chi connectivity index (χ0) is 14.6. The Labute approximate surface area is 128 Å².